The van der Waals surface area contributed by atoms with Gasteiger partial charge < -0.3 is 10.1 Å². The fourth-order valence-corrected chi connectivity index (χ4v) is 2.63. The Bertz CT molecular complexity index is 856. The van der Waals surface area contributed by atoms with E-state index in [9.17, 15) is 0 Å². The Kier molecular flexibility index (Phi) is 5.28. The van der Waals surface area contributed by atoms with Gasteiger partial charge in [0, 0.05) is 13.2 Å². The van der Waals surface area contributed by atoms with Crippen molar-refractivity contribution in [3.63, 3.8) is 0 Å². The molecule has 0 fully saturated rings. The fourth-order valence-electron chi connectivity index (χ4n) is 2.63. The molecule has 0 atom stereocenters. The molecule has 0 saturated carbocycles. The van der Waals surface area contributed by atoms with Crippen LogP contribution in [0.5, 0.6) is 0 Å². The summed E-state index contributed by atoms with van der Waals surface area (Å²) >= 11 is 0. The highest BCUT2D eigenvalue weighted by atomic mass is 16.5. The normalized spacial score (nSPS) is 11.4. The molecule has 132 valence electrons. The summed E-state index contributed by atoms with van der Waals surface area (Å²) in [5.41, 5.74) is 4.31. The maximum absolute atomic E-state index is 5.56. The predicted octanol–water partition coefficient (Wildman–Crippen LogP) is 3.66. The monoisotopic (exact) mass is 339 g/mol. The molecule has 0 amide bonds. The Morgan fingerprint density at radius 3 is 2.76 bits per heavy atom. The van der Waals surface area contributed by atoms with Gasteiger partial charge in [-0.2, -0.15) is 5.10 Å². The van der Waals surface area contributed by atoms with Gasteiger partial charge in [0.25, 0.3) is 0 Å². The number of nitrogens with one attached hydrogen (secondary N) is 1. The van der Waals surface area contributed by atoms with Crippen molar-refractivity contribution in [1.82, 2.24) is 19.7 Å². The zero-order valence-corrected chi connectivity index (χ0v) is 15.3. The van der Waals surface area contributed by atoms with Crippen LogP contribution in [-0.2, 0) is 4.74 Å². The van der Waals surface area contributed by atoms with E-state index in [1.165, 1.54) is 11.1 Å². The minimum absolute atomic E-state index is 0.266. The van der Waals surface area contributed by atoms with E-state index in [1.807, 2.05) is 24.7 Å². The van der Waals surface area contributed by atoms with Crippen molar-refractivity contribution in [1.29, 1.82) is 0 Å². The third-order valence-electron chi connectivity index (χ3n) is 4.17. The largest absolute Gasteiger partial charge is 0.379 e. The second-order valence-electron chi connectivity index (χ2n) is 6.48. The summed E-state index contributed by atoms with van der Waals surface area (Å²) in [4.78, 5) is 8.78. The van der Waals surface area contributed by atoms with E-state index < -0.39 is 0 Å². The van der Waals surface area contributed by atoms with Crippen LogP contribution in [0.15, 0.2) is 30.7 Å². The SMILES string of the molecule is Cc1ccc(-n2ncc3c(NCCCOC(C)C)ncnc32)cc1C. The van der Waals surface area contributed by atoms with Crippen molar-refractivity contribution < 1.29 is 4.74 Å². The van der Waals surface area contributed by atoms with E-state index in [0.717, 1.165) is 42.1 Å². The number of aryl methyl sites for hydroxylation is 2. The molecule has 0 spiro atoms. The number of benzene rings is 1. The van der Waals surface area contributed by atoms with Crippen molar-refractivity contribution in [2.75, 3.05) is 18.5 Å². The fraction of sp³-hybridized carbons (Fsp3) is 0.421. The molecular weight excluding hydrogens is 314 g/mol. The lowest BCUT2D eigenvalue weighted by atomic mass is 10.1. The number of rotatable bonds is 7. The maximum atomic E-state index is 5.56. The van der Waals surface area contributed by atoms with Gasteiger partial charge in [0.15, 0.2) is 5.65 Å². The van der Waals surface area contributed by atoms with Crippen molar-refractivity contribution in [2.45, 2.75) is 40.2 Å². The van der Waals surface area contributed by atoms with Gasteiger partial charge in [-0.25, -0.2) is 14.6 Å². The highest BCUT2D eigenvalue weighted by Gasteiger charge is 2.11. The molecular formula is C19H25N5O. The number of aromatic nitrogens is 4. The quantitative estimate of drug-likeness (QED) is 0.666. The zero-order chi connectivity index (χ0) is 17.8. The van der Waals surface area contributed by atoms with Crippen molar-refractivity contribution in [3.8, 4) is 5.69 Å². The van der Waals surface area contributed by atoms with Crippen molar-refractivity contribution >= 4 is 16.9 Å². The zero-order valence-electron chi connectivity index (χ0n) is 15.3. The van der Waals surface area contributed by atoms with Gasteiger partial charge in [0.2, 0.25) is 0 Å². The van der Waals surface area contributed by atoms with Crippen molar-refractivity contribution in [3.05, 3.63) is 41.9 Å². The molecule has 3 aromatic rings. The highest BCUT2D eigenvalue weighted by molar-refractivity contribution is 5.87. The van der Waals surface area contributed by atoms with Crippen LogP contribution in [0, 0.1) is 13.8 Å². The molecule has 2 heterocycles. The van der Waals surface area contributed by atoms with Gasteiger partial charge in [-0.05, 0) is 57.4 Å². The molecule has 2 aromatic heterocycles. The third kappa shape index (κ3) is 3.96. The molecule has 6 nitrogen and oxygen atoms in total. The first-order valence-corrected chi connectivity index (χ1v) is 8.68. The average Bonchev–Trinajstić information content (AvgIpc) is 3.01. The molecule has 3 rings (SSSR count). The van der Waals surface area contributed by atoms with Gasteiger partial charge in [0.05, 0.1) is 23.4 Å². The van der Waals surface area contributed by atoms with Crippen LogP contribution in [0.25, 0.3) is 16.7 Å². The summed E-state index contributed by atoms with van der Waals surface area (Å²) in [5.74, 6) is 0.810. The molecule has 0 aliphatic heterocycles. The van der Waals surface area contributed by atoms with E-state index in [-0.39, 0.29) is 6.10 Å². The number of fused-ring (bicyclic) bond motifs is 1. The number of hydrogen-bond donors (Lipinski definition) is 1. The smallest absolute Gasteiger partial charge is 0.168 e. The van der Waals surface area contributed by atoms with Gasteiger partial charge >= 0.3 is 0 Å². The molecule has 0 radical (unpaired) electrons. The van der Waals surface area contributed by atoms with Crippen LogP contribution in [0.3, 0.4) is 0 Å². The molecule has 6 heteroatoms. The molecule has 0 saturated heterocycles. The van der Waals surface area contributed by atoms with E-state index >= 15 is 0 Å². The van der Waals surface area contributed by atoms with Crippen LogP contribution in [0.4, 0.5) is 5.82 Å². The number of ether oxygens (including phenoxy) is 1. The second kappa shape index (κ2) is 7.61. The summed E-state index contributed by atoms with van der Waals surface area (Å²) in [5, 5.41) is 8.80. The van der Waals surface area contributed by atoms with Crippen LogP contribution < -0.4 is 5.32 Å². The molecule has 1 N–H and O–H groups in total. The standard InChI is InChI=1S/C19H25N5O/c1-13(2)25-9-5-8-20-18-17-11-23-24(19(17)22-12-21-18)16-7-6-14(3)15(4)10-16/h6-7,10-13H,5,8-9H2,1-4H3,(H,20,21,22). The van der Waals surface area contributed by atoms with Gasteiger partial charge in [-0.1, -0.05) is 6.07 Å². The van der Waals surface area contributed by atoms with Gasteiger partial charge in [-0.15, -0.1) is 0 Å². The molecule has 0 aliphatic carbocycles. The highest BCUT2D eigenvalue weighted by Crippen LogP contribution is 2.22. The Hall–Kier alpha value is -2.47. The van der Waals surface area contributed by atoms with Crippen LogP contribution in [-0.4, -0.2) is 39.0 Å². The Balaban J connectivity index is 1.79. The first kappa shape index (κ1) is 17.4. The molecule has 0 bridgehead atoms. The second-order valence-corrected chi connectivity index (χ2v) is 6.48. The lowest BCUT2D eigenvalue weighted by molar-refractivity contribution is 0.0787. The van der Waals surface area contributed by atoms with E-state index in [2.05, 4.69) is 52.4 Å². The summed E-state index contributed by atoms with van der Waals surface area (Å²) in [6, 6.07) is 6.29. The van der Waals surface area contributed by atoms with Crippen LogP contribution >= 0.6 is 0 Å². The van der Waals surface area contributed by atoms with Crippen LogP contribution in [0.2, 0.25) is 0 Å². The molecule has 0 unspecified atom stereocenters. The Morgan fingerprint density at radius 1 is 1.16 bits per heavy atom. The summed E-state index contributed by atoms with van der Waals surface area (Å²) in [7, 11) is 0. The third-order valence-corrected chi connectivity index (χ3v) is 4.17. The lowest BCUT2D eigenvalue weighted by Crippen LogP contribution is -2.10. The molecule has 1 aromatic carbocycles. The number of hydrogen-bond acceptors (Lipinski definition) is 5. The molecule has 0 aliphatic rings. The summed E-state index contributed by atoms with van der Waals surface area (Å²) in [6.07, 6.45) is 4.59. The topological polar surface area (TPSA) is 64.9 Å². The maximum Gasteiger partial charge on any atom is 0.168 e. The van der Waals surface area contributed by atoms with E-state index in [4.69, 9.17) is 4.74 Å². The van der Waals surface area contributed by atoms with Gasteiger partial charge in [0.1, 0.15) is 12.1 Å². The predicted molar refractivity (Wildman–Crippen MR) is 100 cm³/mol. The van der Waals surface area contributed by atoms with Crippen LogP contribution in [0.1, 0.15) is 31.4 Å². The first-order valence-electron chi connectivity index (χ1n) is 8.68. The lowest BCUT2D eigenvalue weighted by Gasteiger charge is -2.09. The van der Waals surface area contributed by atoms with Crippen molar-refractivity contribution in [2.24, 2.45) is 0 Å². The van der Waals surface area contributed by atoms with E-state index in [0.29, 0.717) is 0 Å². The minimum Gasteiger partial charge on any atom is -0.379 e. The molecule has 25 heavy (non-hydrogen) atoms. The van der Waals surface area contributed by atoms with E-state index in [1.54, 1.807) is 6.33 Å². The summed E-state index contributed by atoms with van der Waals surface area (Å²) in [6.45, 7) is 9.83. The minimum atomic E-state index is 0.266. The Morgan fingerprint density at radius 2 is 2.00 bits per heavy atom. The average molecular weight is 339 g/mol. The Labute approximate surface area is 148 Å². The number of nitrogens with zero attached hydrogens (tertiary/aromatic N) is 4. The first-order chi connectivity index (χ1) is 12.1. The van der Waals surface area contributed by atoms with Gasteiger partial charge in [-0.3, -0.25) is 0 Å². The summed E-state index contributed by atoms with van der Waals surface area (Å²) < 4.78 is 7.42. The number of anilines is 1.